The van der Waals surface area contributed by atoms with Crippen LogP contribution in [0.15, 0.2) is 70.5 Å². The fourth-order valence-corrected chi connectivity index (χ4v) is 3.76. The summed E-state index contributed by atoms with van der Waals surface area (Å²) in [7, 11) is 1.38. The number of hydrogen-bond donors (Lipinski definition) is 0. The number of methoxy groups -OCH3 is 1. The van der Waals surface area contributed by atoms with Gasteiger partial charge in [0.2, 0.25) is 0 Å². The molecule has 0 saturated carbocycles. The third-order valence-corrected chi connectivity index (χ3v) is 5.23. The Labute approximate surface area is 151 Å². The normalized spacial score (nSPS) is 15.8. The first-order valence-electron chi connectivity index (χ1n) is 7.60. The standard InChI is InChI=1S/C19H17NO2S2/c1-22-19(21)14-7-9-16(10-8-14)20-12-11-15(18(20)23)13-24-17-5-3-2-4-6-17/h2-10,13H,11-12H2,1H3/b15-13+. The topological polar surface area (TPSA) is 29.5 Å². The van der Waals surface area contributed by atoms with Crippen LogP contribution >= 0.6 is 24.0 Å². The fraction of sp³-hybridized carbons (Fsp3) is 0.158. The monoisotopic (exact) mass is 355 g/mol. The van der Waals surface area contributed by atoms with Crippen molar-refractivity contribution in [1.82, 2.24) is 0 Å². The van der Waals surface area contributed by atoms with E-state index in [1.54, 1.807) is 23.9 Å². The van der Waals surface area contributed by atoms with E-state index in [0.717, 1.165) is 23.6 Å². The molecule has 122 valence electrons. The lowest BCUT2D eigenvalue weighted by molar-refractivity contribution is 0.0601. The van der Waals surface area contributed by atoms with Gasteiger partial charge in [0.05, 0.1) is 12.7 Å². The summed E-state index contributed by atoms with van der Waals surface area (Å²) in [4.78, 5) is 15.7. The number of nitrogens with zero attached hydrogens (tertiary/aromatic N) is 1. The van der Waals surface area contributed by atoms with E-state index >= 15 is 0 Å². The zero-order chi connectivity index (χ0) is 16.9. The maximum atomic E-state index is 11.5. The van der Waals surface area contributed by atoms with Gasteiger partial charge < -0.3 is 9.64 Å². The number of anilines is 1. The largest absolute Gasteiger partial charge is 0.465 e. The number of thioether (sulfide) groups is 1. The summed E-state index contributed by atoms with van der Waals surface area (Å²) < 4.78 is 4.72. The molecule has 2 aromatic carbocycles. The Kier molecular flexibility index (Phi) is 5.33. The highest BCUT2D eigenvalue weighted by Gasteiger charge is 2.23. The third-order valence-electron chi connectivity index (χ3n) is 3.81. The summed E-state index contributed by atoms with van der Waals surface area (Å²) in [5.74, 6) is -0.328. The molecule has 0 spiro atoms. The molecule has 3 rings (SSSR count). The molecule has 1 heterocycles. The van der Waals surface area contributed by atoms with Crippen molar-refractivity contribution < 1.29 is 9.53 Å². The van der Waals surface area contributed by atoms with Crippen molar-refractivity contribution in [1.29, 1.82) is 0 Å². The molecule has 0 unspecified atom stereocenters. The lowest BCUT2D eigenvalue weighted by atomic mass is 10.2. The van der Waals surface area contributed by atoms with Gasteiger partial charge in [-0.15, -0.1) is 0 Å². The van der Waals surface area contributed by atoms with E-state index in [1.165, 1.54) is 17.6 Å². The molecule has 1 saturated heterocycles. The molecular weight excluding hydrogens is 338 g/mol. The van der Waals surface area contributed by atoms with E-state index in [1.807, 2.05) is 30.3 Å². The van der Waals surface area contributed by atoms with Crippen LogP contribution in [-0.4, -0.2) is 24.6 Å². The van der Waals surface area contributed by atoms with Crippen LogP contribution in [0.25, 0.3) is 0 Å². The molecule has 1 fully saturated rings. The molecule has 0 aliphatic carbocycles. The number of carbonyl (C=O) groups is 1. The van der Waals surface area contributed by atoms with Crippen LogP contribution in [0, 0.1) is 0 Å². The van der Waals surface area contributed by atoms with E-state index in [9.17, 15) is 4.79 Å². The predicted octanol–water partition coefficient (Wildman–Crippen LogP) is 4.69. The van der Waals surface area contributed by atoms with Crippen molar-refractivity contribution in [3.63, 3.8) is 0 Å². The van der Waals surface area contributed by atoms with Gasteiger partial charge in [0.25, 0.3) is 0 Å². The number of rotatable bonds is 4. The average Bonchev–Trinajstić information content (AvgIpc) is 3.01. The fourth-order valence-electron chi connectivity index (χ4n) is 2.50. The molecule has 0 bridgehead atoms. The van der Waals surface area contributed by atoms with E-state index in [-0.39, 0.29) is 5.97 Å². The molecule has 0 amide bonds. The second-order valence-electron chi connectivity index (χ2n) is 5.32. The van der Waals surface area contributed by atoms with Crippen molar-refractivity contribution in [3.8, 4) is 0 Å². The molecule has 5 heteroatoms. The van der Waals surface area contributed by atoms with Crippen LogP contribution in [-0.2, 0) is 4.74 Å². The van der Waals surface area contributed by atoms with E-state index in [4.69, 9.17) is 17.0 Å². The van der Waals surface area contributed by atoms with Crippen molar-refractivity contribution in [3.05, 3.63) is 71.1 Å². The van der Waals surface area contributed by atoms with Gasteiger partial charge in [-0.05, 0) is 53.8 Å². The Hall–Kier alpha value is -2.11. The molecular formula is C19H17NO2S2. The Bertz CT molecular complexity index is 770. The Morgan fingerprint density at radius 3 is 2.54 bits per heavy atom. The van der Waals surface area contributed by atoms with E-state index in [0.29, 0.717) is 5.56 Å². The van der Waals surface area contributed by atoms with Crippen LogP contribution < -0.4 is 4.90 Å². The van der Waals surface area contributed by atoms with Crippen LogP contribution in [0.3, 0.4) is 0 Å². The molecule has 1 aliphatic rings. The Balaban J connectivity index is 1.70. The van der Waals surface area contributed by atoms with Gasteiger partial charge in [-0.25, -0.2) is 4.79 Å². The Morgan fingerprint density at radius 2 is 1.88 bits per heavy atom. The maximum absolute atomic E-state index is 11.5. The number of esters is 1. The van der Waals surface area contributed by atoms with Crippen molar-refractivity contribution in [2.75, 3.05) is 18.6 Å². The number of ether oxygens (including phenoxy) is 1. The second kappa shape index (κ2) is 7.64. The third kappa shape index (κ3) is 3.68. The summed E-state index contributed by atoms with van der Waals surface area (Å²) in [6.45, 7) is 0.859. The summed E-state index contributed by atoms with van der Waals surface area (Å²) >= 11 is 7.31. The molecule has 2 aromatic rings. The van der Waals surface area contributed by atoms with Gasteiger partial charge in [0.1, 0.15) is 4.99 Å². The Morgan fingerprint density at radius 1 is 1.17 bits per heavy atom. The van der Waals surface area contributed by atoms with Crippen LogP contribution in [0.4, 0.5) is 5.69 Å². The quantitative estimate of drug-likeness (QED) is 0.344. The number of carbonyl (C=O) groups excluding carboxylic acids is 1. The summed E-state index contributed by atoms with van der Waals surface area (Å²) in [5, 5.41) is 2.14. The van der Waals surface area contributed by atoms with Gasteiger partial charge in [0.15, 0.2) is 0 Å². The molecule has 0 radical (unpaired) electrons. The lowest BCUT2D eigenvalue weighted by Gasteiger charge is -2.18. The average molecular weight is 355 g/mol. The van der Waals surface area contributed by atoms with Crippen molar-refractivity contribution in [2.24, 2.45) is 0 Å². The minimum absolute atomic E-state index is 0.328. The SMILES string of the molecule is COC(=O)c1ccc(N2CC/C(=C\Sc3ccccc3)C2=S)cc1. The van der Waals surface area contributed by atoms with Crippen LogP contribution in [0.5, 0.6) is 0 Å². The van der Waals surface area contributed by atoms with Crippen molar-refractivity contribution >= 4 is 40.6 Å². The minimum Gasteiger partial charge on any atom is -0.465 e. The molecule has 1 aliphatic heterocycles. The first-order valence-corrected chi connectivity index (χ1v) is 8.89. The minimum atomic E-state index is -0.328. The van der Waals surface area contributed by atoms with Gasteiger partial charge in [0, 0.05) is 17.1 Å². The summed E-state index contributed by atoms with van der Waals surface area (Å²) in [5.41, 5.74) is 2.72. The van der Waals surface area contributed by atoms with Gasteiger partial charge in [-0.2, -0.15) is 0 Å². The number of benzene rings is 2. The molecule has 0 atom stereocenters. The highest BCUT2D eigenvalue weighted by molar-refractivity contribution is 8.02. The smallest absolute Gasteiger partial charge is 0.337 e. The lowest BCUT2D eigenvalue weighted by Crippen LogP contribution is -2.22. The van der Waals surface area contributed by atoms with Gasteiger partial charge in [-0.3, -0.25) is 0 Å². The number of thiocarbonyl (C=S) groups is 1. The van der Waals surface area contributed by atoms with Gasteiger partial charge in [-0.1, -0.05) is 42.2 Å². The number of hydrogen-bond acceptors (Lipinski definition) is 4. The van der Waals surface area contributed by atoms with Crippen molar-refractivity contribution in [2.45, 2.75) is 11.3 Å². The molecule has 24 heavy (non-hydrogen) atoms. The van der Waals surface area contributed by atoms with E-state index < -0.39 is 0 Å². The highest BCUT2D eigenvalue weighted by Crippen LogP contribution is 2.29. The highest BCUT2D eigenvalue weighted by atomic mass is 32.2. The first kappa shape index (κ1) is 16.7. The molecule has 0 aromatic heterocycles. The summed E-state index contributed by atoms with van der Waals surface area (Å²) in [6.07, 6.45) is 0.928. The second-order valence-corrected chi connectivity index (χ2v) is 6.65. The summed E-state index contributed by atoms with van der Waals surface area (Å²) in [6, 6.07) is 17.6. The van der Waals surface area contributed by atoms with Crippen LogP contribution in [0.2, 0.25) is 0 Å². The zero-order valence-electron chi connectivity index (χ0n) is 13.3. The predicted molar refractivity (Wildman–Crippen MR) is 103 cm³/mol. The van der Waals surface area contributed by atoms with Crippen LogP contribution in [0.1, 0.15) is 16.8 Å². The first-order chi connectivity index (χ1) is 11.7. The molecule has 0 N–H and O–H groups in total. The van der Waals surface area contributed by atoms with E-state index in [2.05, 4.69) is 22.4 Å². The maximum Gasteiger partial charge on any atom is 0.337 e. The zero-order valence-corrected chi connectivity index (χ0v) is 14.9. The van der Waals surface area contributed by atoms with Gasteiger partial charge >= 0.3 is 5.97 Å². The molecule has 3 nitrogen and oxygen atoms in total.